The summed E-state index contributed by atoms with van der Waals surface area (Å²) in [5.41, 5.74) is 0.978. The van der Waals surface area contributed by atoms with Crippen LogP contribution in [0.5, 0.6) is 0 Å². The third-order valence-corrected chi connectivity index (χ3v) is 4.65. The van der Waals surface area contributed by atoms with Gasteiger partial charge in [0.05, 0.1) is 0 Å². The number of hydrogen-bond donors (Lipinski definition) is 0. The van der Waals surface area contributed by atoms with Crippen LogP contribution in [0.4, 0.5) is 0 Å². The number of Topliss-reactive ketones (excluding diaryl/α,β-unsaturated/α-hetero) is 1. The molecular formula is C16H21Cl2NO. The van der Waals surface area contributed by atoms with E-state index in [-0.39, 0.29) is 5.78 Å². The minimum atomic E-state index is 0.257. The first-order valence-electron chi connectivity index (χ1n) is 7.24. The molecular weight excluding hydrogens is 293 g/mol. The van der Waals surface area contributed by atoms with Gasteiger partial charge in [-0.15, -0.1) is 0 Å². The number of carbonyl (C=O) groups is 1. The van der Waals surface area contributed by atoms with Crippen molar-refractivity contribution in [3.63, 3.8) is 0 Å². The van der Waals surface area contributed by atoms with Crippen molar-refractivity contribution >= 4 is 29.0 Å². The highest BCUT2D eigenvalue weighted by molar-refractivity contribution is 6.35. The summed E-state index contributed by atoms with van der Waals surface area (Å²) in [6.45, 7) is 3.42. The lowest BCUT2D eigenvalue weighted by Crippen LogP contribution is -2.35. The Labute approximate surface area is 131 Å². The molecule has 2 rings (SSSR count). The zero-order valence-electron chi connectivity index (χ0n) is 11.9. The molecule has 1 aromatic carbocycles. The maximum atomic E-state index is 11.5. The smallest absolute Gasteiger partial charge is 0.131 e. The third-order valence-electron chi connectivity index (χ3n) is 3.95. The van der Waals surface area contributed by atoms with Crippen molar-refractivity contribution in [1.29, 1.82) is 0 Å². The van der Waals surface area contributed by atoms with E-state index in [9.17, 15) is 4.79 Å². The van der Waals surface area contributed by atoms with Gasteiger partial charge in [0, 0.05) is 34.6 Å². The van der Waals surface area contributed by atoms with Crippen molar-refractivity contribution in [2.45, 2.75) is 51.6 Å². The average Bonchev–Trinajstić information content (AvgIpc) is 2.59. The van der Waals surface area contributed by atoms with Crippen molar-refractivity contribution in [3.05, 3.63) is 33.8 Å². The second-order valence-electron chi connectivity index (χ2n) is 5.58. The summed E-state index contributed by atoms with van der Waals surface area (Å²) in [7, 11) is 0. The van der Waals surface area contributed by atoms with E-state index in [2.05, 4.69) is 4.90 Å². The number of rotatable bonds is 4. The van der Waals surface area contributed by atoms with E-state index in [1.165, 1.54) is 19.3 Å². The summed E-state index contributed by atoms with van der Waals surface area (Å²) in [6, 6.07) is 5.94. The van der Waals surface area contributed by atoms with Crippen LogP contribution in [0.3, 0.4) is 0 Å². The van der Waals surface area contributed by atoms with E-state index in [1.54, 1.807) is 6.92 Å². The molecule has 1 fully saturated rings. The molecule has 110 valence electrons. The van der Waals surface area contributed by atoms with Crippen LogP contribution in [-0.2, 0) is 11.3 Å². The predicted molar refractivity (Wildman–Crippen MR) is 84.4 cm³/mol. The molecule has 0 spiro atoms. The molecule has 20 heavy (non-hydrogen) atoms. The molecule has 0 radical (unpaired) electrons. The predicted octanol–water partition coefficient (Wildman–Crippen LogP) is 4.72. The number of halogens is 2. The Morgan fingerprint density at radius 3 is 2.60 bits per heavy atom. The van der Waals surface area contributed by atoms with E-state index in [4.69, 9.17) is 23.2 Å². The van der Waals surface area contributed by atoms with Gasteiger partial charge in [-0.2, -0.15) is 0 Å². The second-order valence-corrected chi connectivity index (χ2v) is 6.39. The zero-order valence-corrected chi connectivity index (χ0v) is 13.4. The van der Waals surface area contributed by atoms with Crippen LogP contribution >= 0.6 is 23.2 Å². The topological polar surface area (TPSA) is 20.3 Å². The number of nitrogens with zero attached hydrogens (tertiary/aromatic N) is 1. The lowest BCUT2D eigenvalue weighted by Gasteiger charge is -2.30. The fourth-order valence-electron chi connectivity index (χ4n) is 2.89. The van der Waals surface area contributed by atoms with Crippen LogP contribution in [0, 0.1) is 0 Å². The third kappa shape index (κ3) is 4.21. The van der Waals surface area contributed by atoms with E-state index in [0.29, 0.717) is 22.5 Å². The number of hydrogen-bond acceptors (Lipinski definition) is 2. The molecule has 0 N–H and O–H groups in total. The molecule has 0 aromatic heterocycles. The largest absolute Gasteiger partial charge is 0.300 e. The summed E-state index contributed by atoms with van der Waals surface area (Å²) in [6.07, 6.45) is 5.33. The SMILES string of the molecule is CC(=O)CC1CCCCCN1Cc1c(Cl)cccc1Cl. The van der Waals surface area contributed by atoms with Crippen molar-refractivity contribution in [3.8, 4) is 0 Å². The fourth-order valence-corrected chi connectivity index (χ4v) is 3.41. The summed E-state index contributed by atoms with van der Waals surface area (Å²) < 4.78 is 0. The zero-order chi connectivity index (χ0) is 14.5. The monoisotopic (exact) mass is 313 g/mol. The molecule has 1 heterocycles. The Kier molecular flexibility index (Phi) is 5.88. The molecule has 0 saturated carbocycles. The second kappa shape index (κ2) is 7.44. The summed E-state index contributed by atoms with van der Waals surface area (Å²) >= 11 is 12.5. The Hall–Kier alpha value is -0.570. The van der Waals surface area contributed by atoms with Gasteiger partial charge >= 0.3 is 0 Å². The van der Waals surface area contributed by atoms with E-state index < -0.39 is 0 Å². The van der Waals surface area contributed by atoms with Gasteiger partial charge in [-0.25, -0.2) is 0 Å². The first-order valence-corrected chi connectivity index (χ1v) is 8.00. The van der Waals surface area contributed by atoms with E-state index in [0.717, 1.165) is 25.1 Å². The number of ketones is 1. The van der Waals surface area contributed by atoms with E-state index in [1.807, 2.05) is 18.2 Å². The number of carbonyl (C=O) groups excluding carboxylic acids is 1. The standard InChI is InChI=1S/C16H21Cl2NO/c1-12(20)10-13-6-3-2-4-9-19(13)11-14-15(17)7-5-8-16(14)18/h5,7-8,13H,2-4,6,9-11H2,1H3. The maximum Gasteiger partial charge on any atom is 0.131 e. The quantitative estimate of drug-likeness (QED) is 0.801. The number of likely N-dealkylation sites (tertiary alicyclic amines) is 1. The summed E-state index contributed by atoms with van der Waals surface area (Å²) in [5, 5.41) is 1.42. The number of benzene rings is 1. The first-order chi connectivity index (χ1) is 9.58. The highest BCUT2D eigenvalue weighted by atomic mass is 35.5. The Morgan fingerprint density at radius 2 is 1.95 bits per heavy atom. The van der Waals surface area contributed by atoms with Crippen LogP contribution in [0.2, 0.25) is 10.0 Å². The Morgan fingerprint density at radius 1 is 1.25 bits per heavy atom. The molecule has 1 saturated heterocycles. The maximum absolute atomic E-state index is 11.5. The van der Waals surface area contributed by atoms with Crippen molar-refractivity contribution in [2.24, 2.45) is 0 Å². The summed E-state index contributed by atoms with van der Waals surface area (Å²) in [4.78, 5) is 13.9. The van der Waals surface area contributed by atoms with Crippen LogP contribution in [0.25, 0.3) is 0 Å². The minimum Gasteiger partial charge on any atom is -0.300 e. The lowest BCUT2D eigenvalue weighted by molar-refractivity contribution is -0.118. The first kappa shape index (κ1) is 15.8. The molecule has 1 atom stereocenters. The van der Waals surface area contributed by atoms with Crippen LogP contribution in [0.15, 0.2) is 18.2 Å². The molecule has 4 heteroatoms. The van der Waals surface area contributed by atoms with Gasteiger partial charge in [0.15, 0.2) is 0 Å². The van der Waals surface area contributed by atoms with Gasteiger partial charge in [-0.1, -0.05) is 42.1 Å². The molecule has 0 aliphatic carbocycles. The van der Waals surface area contributed by atoms with E-state index >= 15 is 0 Å². The van der Waals surface area contributed by atoms with Crippen LogP contribution in [-0.4, -0.2) is 23.3 Å². The van der Waals surface area contributed by atoms with Gasteiger partial charge < -0.3 is 0 Å². The normalized spacial score (nSPS) is 20.6. The van der Waals surface area contributed by atoms with Crippen LogP contribution < -0.4 is 0 Å². The van der Waals surface area contributed by atoms with Gasteiger partial charge in [0.2, 0.25) is 0 Å². The van der Waals surface area contributed by atoms with Crippen molar-refractivity contribution < 1.29 is 4.79 Å². The van der Waals surface area contributed by atoms with Gasteiger partial charge in [0.1, 0.15) is 5.78 Å². The highest BCUT2D eigenvalue weighted by Crippen LogP contribution is 2.29. The Bertz CT molecular complexity index is 455. The van der Waals surface area contributed by atoms with Gasteiger partial charge in [-0.05, 0) is 38.4 Å². The molecule has 2 nitrogen and oxygen atoms in total. The lowest BCUT2D eigenvalue weighted by atomic mass is 10.0. The molecule has 0 amide bonds. The molecule has 1 aliphatic heterocycles. The van der Waals surface area contributed by atoms with Crippen molar-refractivity contribution in [2.75, 3.05) is 6.54 Å². The Balaban J connectivity index is 2.16. The molecule has 1 aromatic rings. The van der Waals surface area contributed by atoms with Gasteiger partial charge in [0.25, 0.3) is 0 Å². The molecule has 1 unspecified atom stereocenters. The summed E-state index contributed by atoms with van der Waals surface area (Å²) in [5.74, 6) is 0.257. The fraction of sp³-hybridized carbons (Fsp3) is 0.562. The minimum absolute atomic E-state index is 0.257. The molecule has 0 bridgehead atoms. The highest BCUT2D eigenvalue weighted by Gasteiger charge is 2.23. The average molecular weight is 314 g/mol. The molecule has 1 aliphatic rings. The van der Waals surface area contributed by atoms with Crippen molar-refractivity contribution in [1.82, 2.24) is 4.90 Å². The van der Waals surface area contributed by atoms with Gasteiger partial charge in [-0.3, -0.25) is 9.69 Å². The van der Waals surface area contributed by atoms with Crippen LogP contribution in [0.1, 0.15) is 44.6 Å².